The summed E-state index contributed by atoms with van der Waals surface area (Å²) >= 11 is 1.68. The average molecular weight is 352 g/mol. The van der Waals surface area contributed by atoms with Crippen LogP contribution >= 0.6 is 11.3 Å². The van der Waals surface area contributed by atoms with E-state index in [1.807, 2.05) is 32.2 Å². The number of carbonyl (C=O) groups is 1. The maximum atomic E-state index is 12.0. The Morgan fingerprint density at radius 3 is 2.80 bits per heavy atom. The van der Waals surface area contributed by atoms with Crippen molar-refractivity contribution in [3.63, 3.8) is 0 Å². The summed E-state index contributed by atoms with van der Waals surface area (Å²) in [6.07, 6.45) is 1.44. The first kappa shape index (κ1) is 16.0. The summed E-state index contributed by atoms with van der Waals surface area (Å²) in [4.78, 5) is 25.1. The van der Waals surface area contributed by atoms with Crippen LogP contribution in [0.5, 0.6) is 0 Å². The van der Waals surface area contributed by atoms with E-state index in [2.05, 4.69) is 33.5 Å². The lowest BCUT2D eigenvalue weighted by Crippen LogP contribution is -2.41. The summed E-state index contributed by atoms with van der Waals surface area (Å²) in [7, 11) is 1.86. The number of nitrogens with zero attached hydrogens (tertiary/aromatic N) is 3. The van der Waals surface area contributed by atoms with Gasteiger partial charge in [-0.25, -0.2) is 9.97 Å². The summed E-state index contributed by atoms with van der Waals surface area (Å²) in [6, 6.07) is 12.6. The third-order valence-corrected chi connectivity index (χ3v) is 5.64. The van der Waals surface area contributed by atoms with Gasteiger partial charge < -0.3 is 10.2 Å². The lowest BCUT2D eigenvalue weighted by Gasteiger charge is -2.29. The number of benzene rings is 1. The molecule has 1 amide bonds. The molecule has 1 N–H and O–H groups in total. The number of rotatable bonds is 3. The van der Waals surface area contributed by atoms with Gasteiger partial charge in [-0.05, 0) is 25.0 Å². The van der Waals surface area contributed by atoms with Crippen molar-refractivity contribution < 1.29 is 4.79 Å². The number of piperidine rings is 1. The number of aryl methyl sites for hydroxylation is 1. The van der Waals surface area contributed by atoms with Crippen LogP contribution < -0.4 is 5.32 Å². The van der Waals surface area contributed by atoms with Crippen LogP contribution in [0.3, 0.4) is 0 Å². The summed E-state index contributed by atoms with van der Waals surface area (Å²) in [5.41, 5.74) is 1.18. The number of hydrogen-bond donors (Lipinski definition) is 1. The Morgan fingerprint density at radius 2 is 2.04 bits per heavy atom. The molecule has 1 aliphatic rings. The predicted molar refractivity (Wildman–Crippen MR) is 102 cm³/mol. The van der Waals surface area contributed by atoms with Gasteiger partial charge in [-0.15, -0.1) is 11.3 Å². The van der Waals surface area contributed by atoms with E-state index in [9.17, 15) is 4.79 Å². The van der Waals surface area contributed by atoms with E-state index < -0.39 is 0 Å². The molecule has 1 aromatic carbocycles. The van der Waals surface area contributed by atoms with E-state index in [-0.39, 0.29) is 11.9 Å². The second-order valence-electron chi connectivity index (χ2n) is 6.46. The highest BCUT2D eigenvalue weighted by Crippen LogP contribution is 2.35. The topological polar surface area (TPSA) is 58.1 Å². The molecule has 0 saturated carbocycles. The molecule has 25 heavy (non-hydrogen) atoms. The van der Waals surface area contributed by atoms with Gasteiger partial charge in [-0.1, -0.05) is 30.3 Å². The van der Waals surface area contributed by atoms with Crippen LogP contribution in [0.15, 0.2) is 36.4 Å². The van der Waals surface area contributed by atoms with Crippen molar-refractivity contribution in [2.45, 2.75) is 25.8 Å². The van der Waals surface area contributed by atoms with Gasteiger partial charge in [0.1, 0.15) is 16.5 Å². The van der Waals surface area contributed by atoms with E-state index in [0.29, 0.717) is 6.42 Å². The predicted octanol–water partition coefficient (Wildman–Crippen LogP) is 3.70. The SMILES string of the molecule is Cc1nc(N[C@H]2CCN(C)C(=O)C2)c2cc(-c3ccccc3)sc2n1. The number of thiophene rings is 1. The molecule has 0 bridgehead atoms. The maximum absolute atomic E-state index is 12.0. The normalized spacial score (nSPS) is 17.9. The van der Waals surface area contributed by atoms with E-state index >= 15 is 0 Å². The third kappa shape index (κ3) is 3.22. The van der Waals surface area contributed by atoms with Crippen LogP contribution in [0.1, 0.15) is 18.7 Å². The fraction of sp³-hybridized carbons (Fsp3) is 0.316. The Bertz CT molecular complexity index is 922. The van der Waals surface area contributed by atoms with Gasteiger partial charge in [-0.3, -0.25) is 4.79 Å². The second-order valence-corrected chi connectivity index (χ2v) is 7.49. The number of anilines is 1. The van der Waals surface area contributed by atoms with Crippen LogP contribution in [0.4, 0.5) is 5.82 Å². The van der Waals surface area contributed by atoms with E-state index in [1.54, 1.807) is 16.2 Å². The zero-order chi connectivity index (χ0) is 17.4. The van der Waals surface area contributed by atoms with E-state index in [0.717, 1.165) is 34.8 Å². The maximum Gasteiger partial charge on any atom is 0.224 e. The minimum absolute atomic E-state index is 0.126. The molecule has 0 radical (unpaired) electrons. The summed E-state index contributed by atoms with van der Waals surface area (Å²) in [5.74, 6) is 1.76. The second kappa shape index (κ2) is 6.44. The van der Waals surface area contributed by atoms with Crippen LogP contribution in [0.25, 0.3) is 20.7 Å². The standard InChI is InChI=1S/C19H20N4OS/c1-12-20-18(22-14-8-9-23(2)17(24)10-14)15-11-16(25-19(15)21-12)13-6-4-3-5-7-13/h3-7,11,14H,8-10H2,1-2H3,(H,20,21,22)/t14-/m0/s1. The highest BCUT2D eigenvalue weighted by atomic mass is 32.1. The number of likely N-dealkylation sites (tertiary alicyclic amines) is 1. The molecular weight excluding hydrogens is 332 g/mol. The summed E-state index contributed by atoms with van der Waals surface area (Å²) in [5, 5.41) is 4.52. The molecule has 128 valence electrons. The molecule has 3 aromatic rings. The molecule has 2 aromatic heterocycles. The first-order valence-corrected chi connectivity index (χ1v) is 9.26. The lowest BCUT2D eigenvalue weighted by atomic mass is 10.0. The van der Waals surface area contributed by atoms with Gasteiger partial charge in [0.2, 0.25) is 5.91 Å². The number of carbonyl (C=O) groups excluding carboxylic acids is 1. The van der Waals surface area contributed by atoms with Crippen LogP contribution in [-0.2, 0) is 4.79 Å². The average Bonchev–Trinajstić information content (AvgIpc) is 3.03. The molecule has 1 aliphatic heterocycles. The quantitative estimate of drug-likeness (QED) is 0.781. The zero-order valence-corrected chi connectivity index (χ0v) is 15.1. The summed E-state index contributed by atoms with van der Waals surface area (Å²) in [6.45, 7) is 2.69. The molecule has 0 aliphatic carbocycles. The van der Waals surface area contributed by atoms with Crippen molar-refractivity contribution in [3.8, 4) is 10.4 Å². The highest BCUT2D eigenvalue weighted by molar-refractivity contribution is 7.21. The number of aromatic nitrogens is 2. The third-order valence-electron chi connectivity index (χ3n) is 4.56. The van der Waals surface area contributed by atoms with Gasteiger partial charge in [0, 0.05) is 30.9 Å². The van der Waals surface area contributed by atoms with E-state index in [4.69, 9.17) is 0 Å². The van der Waals surface area contributed by atoms with Crippen molar-refractivity contribution in [1.82, 2.24) is 14.9 Å². The summed E-state index contributed by atoms with van der Waals surface area (Å²) < 4.78 is 0. The van der Waals surface area contributed by atoms with Crippen molar-refractivity contribution in [2.24, 2.45) is 0 Å². The molecule has 6 heteroatoms. The first-order chi connectivity index (χ1) is 12.1. The van der Waals surface area contributed by atoms with Crippen molar-refractivity contribution in [1.29, 1.82) is 0 Å². The van der Waals surface area contributed by atoms with Crippen LogP contribution in [0.2, 0.25) is 0 Å². The Kier molecular flexibility index (Phi) is 4.13. The lowest BCUT2D eigenvalue weighted by molar-refractivity contribution is -0.132. The van der Waals surface area contributed by atoms with Crippen LogP contribution in [0, 0.1) is 6.92 Å². The Balaban J connectivity index is 1.69. The Labute approximate surface area is 150 Å². The molecule has 1 fully saturated rings. The number of fused-ring (bicyclic) bond motifs is 1. The molecule has 0 unspecified atom stereocenters. The highest BCUT2D eigenvalue weighted by Gasteiger charge is 2.24. The Morgan fingerprint density at radius 1 is 1.24 bits per heavy atom. The number of amides is 1. The van der Waals surface area contributed by atoms with Crippen molar-refractivity contribution in [2.75, 3.05) is 18.9 Å². The minimum atomic E-state index is 0.126. The van der Waals surface area contributed by atoms with Gasteiger partial charge in [-0.2, -0.15) is 0 Å². The van der Waals surface area contributed by atoms with Gasteiger partial charge in [0.25, 0.3) is 0 Å². The molecule has 1 saturated heterocycles. The molecule has 4 rings (SSSR count). The van der Waals surface area contributed by atoms with Gasteiger partial charge in [0.15, 0.2) is 0 Å². The minimum Gasteiger partial charge on any atom is -0.366 e. The molecule has 0 spiro atoms. The monoisotopic (exact) mass is 352 g/mol. The smallest absolute Gasteiger partial charge is 0.224 e. The zero-order valence-electron chi connectivity index (χ0n) is 14.3. The number of nitrogens with one attached hydrogen (secondary N) is 1. The fourth-order valence-electron chi connectivity index (χ4n) is 3.14. The molecule has 1 atom stereocenters. The van der Waals surface area contributed by atoms with Gasteiger partial charge >= 0.3 is 0 Å². The van der Waals surface area contributed by atoms with Gasteiger partial charge in [0.05, 0.1) is 5.39 Å². The largest absolute Gasteiger partial charge is 0.366 e. The van der Waals surface area contributed by atoms with E-state index in [1.165, 1.54) is 10.4 Å². The molecule has 3 heterocycles. The molecule has 5 nitrogen and oxygen atoms in total. The van der Waals surface area contributed by atoms with Crippen molar-refractivity contribution >= 4 is 33.3 Å². The molecular formula is C19H20N4OS. The number of hydrogen-bond acceptors (Lipinski definition) is 5. The first-order valence-electron chi connectivity index (χ1n) is 8.44. The van der Waals surface area contributed by atoms with Crippen molar-refractivity contribution in [3.05, 3.63) is 42.2 Å². The van der Waals surface area contributed by atoms with Crippen LogP contribution in [-0.4, -0.2) is 40.4 Å². The Hall–Kier alpha value is -2.47. The fourth-order valence-corrected chi connectivity index (χ4v) is 4.22.